The van der Waals surface area contributed by atoms with Crippen LogP contribution in [0.1, 0.15) is 25.3 Å². The first kappa shape index (κ1) is 13.7. The largest absolute Gasteiger partial charge is 0.492 e. The molecule has 2 rings (SSSR count). The van der Waals surface area contributed by atoms with E-state index in [0.717, 1.165) is 6.54 Å². The van der Waals surface area contributed by atoms with E-state index >= 15 is 0 Å². The lowest BCUT2D eigenvalue weighted by molar-refractivity contribution is 0.174. The van der Waals surface area contributed by atoms with Gasteiger partial charge in [0.2, 0.25) is 0 Å². The molecule has 0 bridgehead atoms. The lowest BCUT2D eigenvalue weighted by Crippen LogP contribution is -2.15. The first-order valence-electron chi connectivity index (χ1n) is 6.44. The quantitative estimate of drug-likeness (QED) is 0.800. The van der Waals surface area contributed by atoms with Gasteiger partial charge in [-0.2, -0.15) is 0 Å². The Morgan fingerprint density at radius 1 is 1.50 bits per heavy atom. The van der Waals surface area contributed by atoms with Crippen LogP contribution in [0.4, 0.5) is 0 Å². The molecule has 1 aliphatic rings. The van der Waals surface area contributed by atoms with Crippen LogP contribution in [0, 0.1) is 5.92 Å². The Labute approximate surface area is 113 Å². The second-order valence-corrected chi connectivity index (χ2v) is 5.43. The molecule has 1 fully saturated rings. The maximum absolute atomic E-state index is 8.93. The van der Waals surface area contributed by atoms with E-state index in [1.807, 2.05) is 25.1 Å². The van der Waals surface area contributed by atoms with Crippen LogP contribution in [0.2, 0.25) is 5.02 Å². The monoisotopic (exact) mass is 269 g/mol. The second-order valence-electron chi connectivity index (χ2n) is 5.02. The Kier molecular flexibility index (Phi) is 4.87. The minimum absolute atomic E-state index is 0.122. The van der Waals surface area contributed by atoms with Crippen LogP contribution in [0.15, 0.2) is 18.2 Å². The van der Waals surface area contributed by atoms with Gasteiger partial charge in [-0.15, -0.1) is 0 Å². The molecule has 2 N–H and O–H groups in total. The molecule has 1 unspecified atom stereocenters. The summed E-state index contributed by atoms with van der Waals surface area (Å²) < 4.78 is 5.57. The van der Waals surface area contributed by atoms with Crippen molar-refractivity contribution >= 4 is 11.6 Å². The highest BCUT2D eigenvalue weighted by atomic mass is 35.5. The lowest BCUT2D eigenvalue weighted by atomic mass is 10.2. The summed E-state index contributed by atoms with van der Waals surface area (Å²) in [5, 5.41) is 13.0. The number of aliphatic hydroxyl groups excluding tert-OH is 1. The van der Waals surface area contributed by atoms with Gasteiger partial charge in [0.25, 0.3) is 0 Å². The van der Waals surface area contributed by atoms with Gasteiger partial charge in [0.1, 0.15) is 5.75 Å². The van der Waals surface area contributed by atoms with Crippen LogP contribution >= 0.6 is 11.6 Å². The van der Waals surface area contributed by atoms with Crippen molar-refractivity contribution < 1.29 is 9.84 Å². The van der Waals surface area contributed by atoms with E-state index in [2.05, 4.69) is 5.32 Å². The van der Waals surface area contributed by atoms with Gasteiger partial charge in [0.15, 0.2) is 0 Å². The minimum atomic E-state index is 0.122. The zero-order valence-corrected chi connectivity index (χ0v) is 11.4. The van der Waals surface area contributed by atoms with Crippen molar-refractivity contribution in [2.24, 2.45) is 5.92 Å². The van der Waals surface area contributed by atoms with Crippen LogP contribution in [0.25, 0.3) is 0 Å². The maximum atomic E-state index is 8.93. The van der Waals surface area contributed by atoms with E-state index in [0.29, 0.717) is 23.4 Å². The zero-order chi connectivity index (χ0) is 13.0. The fraction of sp³-hybridized carbons (Fsp3) is 0.571. The van der Waals surface area contributed by atoms with Crippen molar-refractivity contribution in [3.05, 3.63) is 28.8 Å². The van der Waals surface area contributed by atoms with E-state index in [1.165, 1.54) is 18.4 Å². The Morgan fingerprint density at radius 3 is 2.89 bits per heavy atom. The molecule has 3 nitrogen and oxygen atoms in total. The molecule has 0 heterocycles. The van der Waals surface area contributed by atoms with Gasteiger partial charge in [-0.1, -0.05) is 24.6 Å². The molecule has 1 saturated carbocycles. The Hall–Kier alpha value is -0.770. The molecular weight excluding hydrogens is 250 g/mol. The molecule has 0 amide bonds. The highest BCUT2D eigenvalue weighted by Crippen LogP contribution is 2.26. The highest BCUT2D eigenvalue weighted by Gasteiger charge is 2.20. The van der Waals surface area contributed by atoms with Gasteiger partial charge >= 0.3 is 0 Å². The van der Waals surface area contributed by atoms with E-state index in [1.54, 1.807) is 0 Å². The number of benzene rings is 1. The third-order valence-electron chi connectivity index (χ3n) is 3.00. The molecule has 0 aliphatic heterocycles. The highest BCUT2D eigenvalue weighted by molar-refractivity contribution is 6.32. The van der Waals surface area contributed by atoms with Crippen LogP contribution in [-0.2, 0) is 6.54 Å². The van der Waals surface area contributed by atoms with Gasteiger partial charge in [-0.3, -0.25) is 0 Å². The summed E-state index contributed by atoms with van der Waals surface area (Å²) in [6.07, 6.45) is 2.57. The van der Waals surface area contributed by atoms with Gasteiger partial charge in [0, 0.05) is 25.1 Å². The molecule has 18 heavy (non-hydrogen) atoms. The molecule has 1 aromatic rings. The normalized spacial score (nSPS) is 16.6. The summed E-state index contributed by atoms with van der Waals surface area (Å²) in [4.78, 5) is 0. The molecule has 0 saturated heterocycles. The third-order valence-corrected chi connectivity index (χ3v) is 3.30. The number of hydrogen-bond donors (Lipinski definition) is 2. The van der Waals surface area contributed by atoms with Crippen molar-refractivity contribution in [1.82, 2.24) is 5.32 Å². The maximum Gasteiger partial charge on any atom is 0.137 e. The van der Waals surface area contributed by atoms with Crippen LogP contribution in [-0.4, -0.2) is 24.4 Å². The van der Waals surface area contributed by atoms with Crippen molar-refractivity contribution in [1.29, 1.82) is 0 Å². The molecule has 0 radical (unpaired) electrons. The summed E-state index contributed by atoms with van der Waals surface area (Å²) in [5.41, 5.74) is 1.18. The van der Waals surface area contributed by atoms with Crippen LogP contribution in [0.5, 0.6) is 5.75 Å². The lowest BCUT2D eigenvalue weighted by Gasteiger charge is -2.12. The molecular formula is C14H20ClNO2. The van der Waals surface area contributed by atoms with Gasteiger partial charge in [-0.25, -0.2) is 0 Å². The summed E-state index contributed by atoms with van der Waals surface area (Å²) in [5.74, 6) is 0.810. The average Bonchev–Trinajstić information content (AvgIpc) is 3.18. The number of halogens is 1. The predicted molar refractivity (Wildman–Crippen MR) is 73.1 cm³/mol. The Balaban J connectivity index is 1.87. The van der Waals surface area contributed by atoms with Gasteiger partial charge in [0.05, 0.1) is 11.6 Å². The number of aliphatic hydroxyl groups is 1. The summed E-state index contributed by atoms with van der Waals surface area (Å²) in [6.45, 7) is 3.40. The van der Waals surface area contributed by atoms with E-state index < -0.39 is 0 Å². The zero-order valence-electron chi connectivity index (χ0n) is 10.7. The SMILES string of the molecule is CC(CO)COc1ccc(CNC2CC2)cc1Cl. The first-order valence-corrected chi connectivity index (χ1v) is 6.82. The summed E-state index contributed by atoms with van der Waals surface area (Å²) in [7, 11) is 0. The molecule has 1 aromatic carbocycles. The van der Waals surface area contributed by atoms with E-state index in [-0.39, 0.29) is 12.5 Å². The second kappa shape index (κ2) is 6.41. The minimum Gasteiger partial charge on any atom is -0.492 e. The summed E-state index contributed by atoms with van der Waals surface area (Å²) in [6, 6.07) is 6.57. The van der Waals surface area contributed by atoms with Gasteiger partial charge < -0.3 is 15.2 Å². The smallest absolute Gasteiger partial charge is 0.137 e. The first-order chi connectivity index (χ1) is 8.69. The molecule has 0 aromatic heterocycles. The molecule has 1 atom stereocenters. The number of ether oxygens (including phenoxy) is 1. The topological polar surface area (TPSA) is 41.5 Å². The van der Waals surface area contributed by atoms with Crippen molar-refractivity contribution in [3.8, 4) is 5.75 Å². The molecule has 100 valence electrons. The Morgan fingerprint density at radius 2 is 2.28 bits per heavy atom. The van der Waals surface area contributed by atoms with Crippen LogP contribution < -0.4 is 10.1 Å². The molecule has 4 heteroatoms. The summed E-state index contributed by atoms with van der Waals surface area (Å²) >= 11 is 6.17. The molecule has 1 aliphatic carbocycles. The third kappa shape index (κ3) is 4.16. The van der Waals surface area contributed by atoms with Crippen molar-refractivity contribution in [2.75, 3.05) is 13.2 Å². The van der Waals surface area contributed by atoms with Crippen molar-refractivity contribution in [3.63, 3.8) is 0 Å². The number of rotatable bonds is 7. The van der Waals surface area contributed by atoms with Crippen LogP contribution in [0.3, 0.4) is 0 Å². The predicted octanol–water partition coefficient (Wildman–Crippen LogP) is 2.60. The molecule has 0 spiro atoms. The standard InChI is InChI=1S/C14H20ClNO2/c1-10(8-17)9-18-14-5-2-11(6-13(14)15)7-16-12-3-4-12/h2,5-6,10,12,16-17H,3-4,7-9H2,1H3. The number of hydrogen-bond acceptors (Lipinski definition) is 3. The number of nitrogens with one attached hydrogen (secondary N) is 1. The van der Waals surface area contributed by atoms with Gasteiger partial charge in [-0.05, 0) is 30.5 Å². The van der Waals surface area contributed by atoms with E-state index in [9.17, 15) is 0 Å². The fourth-order valence-corrected chi connectivity index (χ4v) is 1.86. The Bertz CT molecular complexity index is 393. The average molecular weight is 270 g/mol. The van der Waals surface area contributed by atoms with Crippen molar-refractivity contribution in [2.45, 2.75) is 32.4 Å². The van der Waals surface area contributed by atoms with E-state index in [4.69, 9.17) is 21.4 Å². The fourth-order valence-electron chi connectivity index (χ4n) is 1.61.